The molecule has 2 spiro atoms. The lowest BCUT2D eigenvalue weighted by Gasteiger charge is -2.78. The van der Waals surface area contributed by atoms with Crippen molar-refractivity contribution in [2.45, 2.75) is 120 Å². The van der Waals surface area contributed by atoms with E-state index in [0.29, 0.717) is 5.56 Å². The van der Waals surface area contributed by atoms with Gasteiger partial charge in [0.15, 0.2) is 17.8 Å². The van der Waals surface area contributed by atoms with Crippen LogP contribution < -0.4 is 0 Å². The van der Waals surface area contributed by atoms with E-state index in [2.05, 4.69) is 0 Å². The molecular weight excluding hydrogens is 692 g/mol. The lowest BCUT2D eigenvalue weighted by Crippen LogP contribution is -2.98. The van der Waals surface area contributed by atoms with E-state index < -0.39 is 136 Å². The van der Waals surface area contributed by atoms with Gasteiger partial charge in [-0.2, -0.15) is 0 Å². The Bertz CT molecular complexity index is 1780. The fourth-order valence-corrected chi connectivity index (χ4v) is 12.6. The molecule has 0 radical (unpaired) electrons. The van der Waals surface area contributed by atoms with Crippen molar-refractivity contribution >= 4 is 29.8 Å². The normalized spacial score (nSPS) is 51.6. The average molecular weight is 735 g/mol. The fraction of sp³-hybridized carbons (Fsp3) is 0.743. The highest BCUT2D eigenvalue weighted by Crippen LogP contribution is 2.89. The Morgan fingerprint density at radius 1 is 0.942 bits per heavy atom. The molecule has 15 atom stereocenters. The SMILES string of the molecule is COC(=O)C[C@H]1[C@@]2(C)C[C@@]34O[C@@]5(C)O[C@]6([C@@H]7CC(=O)O[C@H](c8ccoc8)[C@]7(C)[C@@H](OC(C)=O)[C@@H](OC(C)=O)[C@@]6(O5)[C@@]13COC(C)=O)[C@H](O)[C@@]4(O)[C@H]2O. The zero-order valence-electron chi connectivity index (χ0n) is 29.7. The van der Waals surface area contributed by atoms with E-state index in [4.69, 9.17) is 42.3 Å². The van der Waals surface area contributed by atoms with Crippen molar-refractivity contribution in [2.75, 3.05) is 13.7 Å². The Balaban J connectivity index is 1.55. The molecule has 7 aliphatic rings. The lowest BCUT2D eigenvalue weighted by molar-refractivity contribution is -0.497. The van der Waals surface area contributed by atoms with Gasteiger partial charge >= 0.3 is 29.8 Å². The zero-order chi connectivity index (χ0) is 37.8. The lowest BCUT2D eigenvalue weighted by atomic mass is 9.32. The van der Waals surface area contributed by atoms with Crippen LogP contribution in [0.2, 0.25) is 0 Å². The maximum Gasteiger partial charge on any atom is 0.306 e. The second kappa shape index (κ2) is 10.3. The Kier molecular flexibility index (Phi) is 7.03. The smallest absolute Gasteiger partial charge is 0.306 e. The summed E-state index contributed by atoms with van der Waals surface area (Å²) in [4.78, 5) is 66.7. The van der Waals surface area contributed by atoms with E-state index in [1.807, 2.05) is 0 Å². The number of fused-ring (bicyclic) bond motifs is 3. The number of carbonyl (C=O) groups is 5. The number of hydrogen-bond acceptors (Lipinski definition) is 17. The largest absolute Gasteiger partial charge is 0.472 e. The van der Waals surface area contributed by atoms with Crippen molar-refractivity contribution < 1.29 is 81.6 Å². The summed E-state index contributed by atoms with van der Waals surface area (Å²) < 4.78 is 55.3. The van der Waals surface area contributed by atoms with Gasteiger partial charge in [0, 0.05) is 51.0 Å². The van der Waals surface area contributed by atoms with Crippen LogP contribution in [-0.2, 0) is 61.9 Å². The molecule has 17 heteroatoms. The van der Waals surface area contributed by atoms with E-state index in [1.54, 1.807) is 13.8 Å². The van der Waals surface area contributed by atoms with Crippen LogP contribution in [0.15, 0.2) is 23.0 Å². The van der Waals surface area contributed by atoms with Crippen LogP contribution in [0.1, 0.15) is 72.5 Å². The molecule has 4 saturated carbocycles. The van der Waals surface area contributed by atoms with Crippen LogP contribution in [0.3, 0.4) is 0 Å². The maximum atomic E-state index is 13.8. The van der Waals surface area contributed by atoms with Crippen LogP contribution in [0.25, 0.3) is 0 Å². The van der Waals surface area contributed by atoms with Crippen LogP contribution in [0.4, 0.5) is 0 Å². The number of methoxy groups -OCH3 is 1. The zero-order valence-corrected chi connectivity index (χ0v) is 29.7. The minimum Gasteiger partial charge on any atom is -0.472 e. The predicted molar refractivity (Wildman–Crippen MR) is 164 cm³/mol. The molecule has 284 valence electrons. The number of furan rings is 1. The number of rotatable bonds is 7. The number of carbonyl (C=O) groups excluding carboxylic acids is 5. The molecule has 3 aliphatic heterocycles. The summed E-state index contributed by atoms with van der Waals surface area (Å²) in [5, 5.41) is 38.7. The third-order valence-electron chi connectivity index (χ3n) is 13.8. The molecule has 52 heavy (non-hydrogen) atoms. The minimum absolute atomic E-state index is 0.246. The number of esters is 5. The first-order valence-electron chi connectivity index (χ1n) is 17.2. The number of cyclic esters (lactones) is 1. The Morgan fingerprint density at radius 3 is 2.21 bits per heavy atom. The molecule has 4 bridgehead atoms. The number of hydrogen-bond donors (Lipinski definition) is 3. The second-order valence-corrected chi connectivity index (χ2v) is 16.0. The number of ether oxygens (including phenoxy) is 8. The van der Waals surface area contributed by atoms with Gasteiger partial charge in [-0.15, -0.1) is 0 Å². The van der Waals surface area contributed by atoms with Gasteiger partial charge in [-0.1, -0.05) is 13.8 Å². The third-order valence-corrected chi connectivity index (χ3v) is 13.8. The van der Waals surface area contributed by atoms with Crippen LogP contribution in [0, 0.1) is 28.1 Å². The molecule has 3 saturated heterocycles. The Labute approximate surface area is 297 Å². The number of aliphatic hydroxyl groups is 3. The Morgan fingerprint density at radius 2 is 1.62 bits per heavy atom. The van der Waals surface area contributed by atoms with Crippen molar-refractivity contribution in [1.82, 2.24) is 0 Å². The van der Waals surface area contributed by atoms with E-state index in [1.165, 1.54) is 25.5 Å². The first kappa shape index (κ1) is 35.4. The molecule has 3 N–H and O–H groups in total. The molecular formula is C35H42O17. The van der Waals surface area contributed by atoms with E-state index in [-0.39, 0.29) is 6.42 Å². The van der Waals surface area contributed by atoms with Crippen LogP contribution >= 0.6 is 0 Å². The van der Waals surface area contributed by atoms with Gasteiger partial charge in [-0.3, -0.25) is 24.0 Å². The molecule has 1 aromatic rings. The van der Waals surface area contributed by atoms with Crippen molar-refractivity contribution in [3.63, 3.8) is 0 Å². The van der Waals surface area contributed by atoms with Crippen molar-refractivity contribution in [3.05, 3.63) is 24.2 Å². The van der Waals surface area contributed by atoms with Gasteiger partial charge in [0.1, 0.15) is 35.6 Å². The minimum atomic E-state index is -2.66. The van der Waals surface area contributed by atoms with E-state index in [9.17, 15) is 39.3 Å². The monoisotopic (exact) mass is 734 g/mol. The summed E-state index contributed by atoms with van der Waals surface area (Å²) in [5.41, 5.74) is -14.6. The van der Waals surface area contributed by atoms with Gasteiger partial charge in [0.05, 0.1) is 43.0 Å². The van der Waals surface area contributed by atoms with Gasteiger partial charge in [-0.05, 0) is 18.4 Å². The molecule has 1 aromatic heterocycles. The summed E-state index contributed by atoms with van der Waals surface area (Å²) >= 11 is 0. The molecule has 7 fully saturated rings. The van der Waals surface area contributed by atoms with Crippen LogP contribution in [0.5, 0.6) is 0 Å². The second-order valence-electron chi connectivity index (χ2n) is 16.0. The first-order valence-corrected chi connectivity index (χ1v) is 17.2. The van der Waals surface area contributed by atoms with E-state index >= 15 is 0 Å². The highest BCUT2D eigenvalue weighted by atomic mass is 16.9. The standard InChI is InChI=1S/C35H42O17/c1-15(36)46-14-31-19(10-21(39)44-7)28(4)13-32(31)33(43,26(28)41)27(42)34-20-11-22(40)49-23(18-8-9-45-12-18)29(20,5)24(47-16(2)37)25(48-17(3)38)35(31,34)52-30(6,50-32)51-34/h8-9,12,19-20,23-27,41-43H,10-11,13-14H2,1-7H3/t19-,20+,23+,24-,25+,26-,27+,28+,29+,30-,31-,32+,33-,34+,35+/m0/s1. The number of aliphatic hydroxyl groups excluding tert-OH is 2. The fourth-order valence-electron chi connectivity index (χ4n) is 12.6. The Hall–Kier alpha value is -3.61. The van der Waals surface area contributed by atoms with Gasteiger partial charge in [0.2, 0.25) is 0 Å². The predicted octanol–water partition coefficient (Wildman–Crippen LogP) is 0.353. The molecule has 0 unspecified atom stereocenters. The quantitative estimate of drug-likeness (QED) is 0.253. The molecule has 17 nitrogen and oxygen atoms in total. The van der Waals surface area contributed by atoms with E-state index in [0.717, 1.165) is 27.9 Å². The van der Waals surface area contributed by atoms with Gasteiger partial charge in [0.25, 0.3) is 5.97 Å². The van der Waals surface area contributed by atoms with Crippen molar-refractivity contribution in [1.29, 1.82) is 0 Å². The first-order chi connectivity index (χ1) is 24.2. The summed E-state index contributed by atoms with van der Waals surface area (Å²) in [5.74, 6) is -8.85. The highest BCUT2D eigenvalue weighted by Gasteiger charge is 3.06. The summed E-state index contributed by atoms with van der Waals surface area (Å²) in [6, 6.07) is 1.52. The van der Waals surface area contributed by atoms with Crippen molar-refractivity contribution in [3.8, 4) is 0 Å². The topological polar surface area (TPSA) is 233 Å². The van der Waals surface area contributed by atoms with Crippen molar-refractivity contribution in [2.24, 2.45) is 28.1 Å². The maximum absolute atomic E-state index is 13.8. The molecule has 0 aromatic carbocycles. The molecule has 4 heterocycles. The summed E-state index contributed by atoms with van der Waals surface area (Å²) in [6.45, 7) is 7.23. The molecule has 4 aliphatic carbocycles. The van der Waals surface area contributed by atoms with Gasteiger partial charge < -0.3 is 57.6 Å². The average Bonchev–Trinajstić information content (AvgIpc) is 3.76. The highest BCUT2D eigenvalue weighted by molar-refractivity contribution is 5.74. The molecule has 0 amide bonds. The van der Waals surface area contributed by atoms with Crippen LogP contribution in [-0.4, -0.2) is 112 Å². The van der Waals surface area contributed by atoms with Gasteiger partial charge in [-0.25, -0.2) is 0 Å². The third kappa shape index (κ3) is 3.49. The molecule has 8 rings (SSSR count). The summed E-state index contributed by atoms with van der Waals surface area (Å²) in [7, 11) is 1.16. The summed E-state index contributed by atoms with van der Waals surface area (Å²) in [6.07, 6.45) is -7.33.